The van der Waals surface area contributed by atoms with Crippen molar-refractivity contribution in [1.29, 1.82) is 0 Å². The Morgan fingerprint density at radius 2 is 2.39 bits per heavy atom. The van der Waals surface area contributed by atoms with E-state index in [4.69, 9.17) is 4.74 Å². The fourth-order valence-corrected chi connectivity index (χ4v) is 2.34. The Hall–Kier alpha value is -1.39. The Balaban J connectivity index is 2.15. The molecule has 1 atom stereocenters. The zero-order valence-electron chi connectivity index (χ0n) is 11.0. The molecule has 0 aliphatic carbocycles. The Morgan fingerprint density at radius 1 is 1.56 bits per heavy atom. The number of fused-ring (bicyclic) bond motifs is 1. The molecule has 0 fully saturated rings. The second-order valence-corrected chi connectivity index (χ2v) is 4.70. The first-order valence-electron chi connectivity index (χ1n) is 6.33. The van der Waals surface area contributed by atoms with E-state index in [1.54, 1.807) is 7.11 Å². The highest BCUT2D eigenvalue weighted by Crippen LogP contribution is 2.18. The lowest BCUT2D eigenvalue weighted by molar-refractivity contribution is 0.0904. The van der Waals surface area contributed by atoms with E-state index < -0.39 is 0 Å². The zero-order valence-corrected chi connectivity index (χ0v) is 11.0. The van der Waals surface area contributed by atoms with Gasteiger partial charge in [0.2, 0.25) is 0 Å². The van der Waals surface area contributed by atoms with E-state index in [0.29, 0.717) is 6.61 Å². The number of carbonyl (C=O) groups is 1. The predicted molar refractivity (Wildman–Crippen MR) is 70.7 cm³/mol. The first-order valence-corrected chi connectivity index (χ1v) is 6.33. The summed E-state index contributed by atoms with van der Waals surface area (Å²) in [6, 6.07) is 5.96. The van der Waals surface area contributed by atoms with E-state index in [9.17, 15) is 4.79 Å². The molecule has 4 nitrogen and oxygen atoms in total. The van der Waals surface area contributed by atoms with Crippen LogP contribution < -0.4 is 10.6 Å². The summed E-state index contributed by atoms with van der Waals surface area (Å²) in [7, 11) is 1.64. The lowest BCUT2D eigenvalue weighted by Crippen LogP contribution is -2.37. The van der Waals surface area contributed by atoms with Crippen molar-refractivity contribution in [3.8, 4) is 0 Å². The fourth-order valence-electron chi connectivity index (χ4n) is 2.34. The first-order chi connectivity index (χ1) is 8.72. The van der Waals surface area contributed by atoms with Crippen LogP contribution in [0, 0.1) is 0 Å². The zero-order chi connectivity index (χ0) is 13.0. The summed E-state index contributed by atoms with van der Waals surface area (Å²) in [5.41, 5.74) is 3.21. The van der Waals surface area contributed by atoms with Gasteiger partial charge in [0.1, 0.15) is 0 Å². The molecule has 2 N–H and O–H groups in total. The van der Waals surface area contributed by atoms with Gasteiger partial charge in [0, 0.05) is 25.3 Å². The van der Waals surface area contributed by atoms with Crippen LogP contribution in [0.2, 0.25) is 0 Å². The molecule has 0 bridgehead atoms. The van der Waals surface area contributed by atoms with Crippen LogP contribution in [-0.4, -0.2) is 32.2 Å². The molecule has 0 aromatic heterocycles. The van der Waals surface area contributed by atoms with Gasteiger partial charge in [-0.3, -0.25) is 4.79 Å². The summed E-state index contributed by atoms with van der Waals surface area (Å²) in [4.78, 5) is 12.2. The Bertz CT molecular complexity index is 432. The number of ether oxygens (including phenoxy) is 1. The third-order valence-corrected chi connectivity index (χ3v) is 3.18. The van der Waals surface area contributed by atoms with Crippen LogP contribution in [0.4, 0.5) is 0 Å². The summed E-state index contributed by atoms with van der Waals surface area (Å²) in [5, 5.41) is 6.28. The van der Waals surface area contributed by atoms with E-state index in [2.05, 4.69) is 16.7 Å². The normalized spacial score (nSPS) is 15.9. The van der Waals surface area contributed by atoms with Crippen LogP contribution >= 0.6 is 0 Å². The Morgan fingerprint density at radius 3 is 3.17 bits per heavy atom. The quantitative estimate of drug-likeness (QED) is 0.839. The van der Waals surface area contributed by atoms with Crippen LogP contribution in [0.3, 0.4) is 0 Å². The summed E-state index contributed by atoms with van der Waals surface area (Å²) < 4.78 is 5.03. The van der Waals surface area contributed by atoms with Gasteiger partial charge in [-0.15, -0.1) is 0 Å². The second kappa shape index (κ2) is 5.98. The molecule has 1 aliphatic rings. The molecule has 1 aliphatic heterocycles. The topological polar surface area (TPSA) is 50.4 Å². The molecule has 0 saturated heterocycles. The molecule has 0 radical (unpaired) electrons. The van der Waals surface area contributed by atoms with Crippen molar-refractivity contribution in [1.82, 2.24) is 10.6 Å². The fraction of sp³-hybridized carbons (Fsp3) is 0.500. The number of carbonyl (C=O) groups excluding carboxylic acids is 1. The first kappa shape index (κ1) is 13.1. The van der Waals surface area contributed by atoms with Crippen molar-refractivity contribution in [2.45, 2.75) is 25.9 Å². The van der Waals surface area contributed by atoms with Crippen LogP contribution in [-0.2, 0) is 17.7 Å². The van der Waals surface area contributed by atoms with Crippen LogP contribution in [0.5, 0.6) is 0 Å². The number of hydrogen-bond donors (Lipinski definition) is 2. The Labute approximate surface area is 108 Å². The molecule has 0 spiro atoms. The van der Waals surface area contributed by atoms with Gasteiger partial charge >= 0.3 is 0 Å². The number of hydrogen-bond acceptors (Lipinski definition) is 3. The largest absolute Gasteiger partial charge is 0.383 e. The van der Waals surface area contributed by atoms with Gasteiger partial charge in [-0.05, 0) is 37.1 Å². The third kappa shape index (κ3) is 2.89. The highest BCUT2D eigenvalue weighted by molar-refractivity contribution is 5.96. The lowest BCUT2D eigenvalue weighted by Gasteiger charge is -2.21. The van der Waals surface area contributed by atoms with E-state index in [-0.39, 0.29) is 11.9 Å². The standard InChI is InChI=1S/C14H20N2O2/c1-10(9-18-2)16-14(17)13-5-3-4-11-8-15-7-6-12(11)13/h3-5,10,15H,6-9H2,1-2H3,(H,16,17). The molecule has 2 rings (SSSR count). The summed E-state index contributed by atoms with van der Waals surface area (Å²) >= 11 is 0. The van der Waals surface area contributed by atoms with Crippen LogP contribution in [0.15, 0.2) is 18.2 Å². The van der Waals surface area contributed by atoms with Crippen molar-refractivity contribution in [3.05, 3.63) is 34.9 Å². The van der Waals surface area contributed by atoms with Gasteiger partial charge in [0.25, 0.3) is 5.91 Å². The molecular weight excluding hydrogens is 228 g/mol. The van der Waals surface area contributed by atoms with Gasteiger partial charge in [-0.2, -0.15) is 0 Å². The minimum absolute atomic E-state index is 0.00157. The minimum Gasteiger partial charge on any atom is -0.383 e. The molecule has 18 heavy (non-hydrogen) atoms. The third-order valence-electron chi connectivity index (χ3n) is 3.18. The lowest BCUT2D eigenvalue weighted by atomic mass is 9.95. The van der Waals surface area contributed by atoms with E-state index in [1.807, 2.05) is 19.1 Å². The maximum Gasteiger partial charge on any atom is 0.251 e. The average molecular weight is 248 g/mol. The molecule has 1 aromatic rings. The number of amides is 1. The molecule has 0 saturated carbocycles. The summed E-state index contributed by atoms with van der Waals surface area (Å²) in [6.07, 6.45) is 0.914. The van der Waals surface area contributed by atoms with E-state index in [0.717, 1.165) is 25.1 Å². The SMILES string of the molecule is COCC(C)NC(=O)c1cccc2c1CCNC2. The molecule has 4 heteroatoms. The maximum atomic E-state index is 12.2. The van der Waals surface area contributed by atoms with Crippen molar-refractivity contribution < 1.29 is 9.53 Å². The number of rotatable bonds is 4. The number of nitrogens with one attached hydrogen (secondary N) is 2. The molecule has 1 aromatic carbocycles. The van der Waals surface area contributed by atoms with Crippen LogP contribution in [0.1, 0.15) is 28.4 Å². The van der Waals surface area contributed by atoms with Gasteiger partial charge in [0.15, 0.2) is 0 Å². The highest BCUT2D eigenvalue weighted by atomic mass is 16.5. The number of benzene rings is 1. The molecular formula is C14H20N2O2. The molecule has 1 heterocycles. The molecule has 1 amide bonds. The highest BCUT2D eigenvalue weighted by Gasteiger charge is 2.18. The van der Waals surface area contributed by atoms with Gasteiger partial charge < -0.3 is 15.4 Å². The monoisotopic (exact) mass is 248 g/mol. The maximum absolute atomic E-state index is 12.2. The second-order valence-electron chi connectivity index (χ2n) is 4.70. The summed E-state index contributed by atoms with van der Waals surface area (Å²) in [5.74, 6) is -0.00157. The molecule has 1 unspecified atom stereocenters. The van der Waals surface area contributed by atoms with Crippen molar-refractivity contribution >= 4 is 5.91 Å². The van der Waals surface area contributed by atoms with E-state index >= 15 is 0 Å². The summed E-state index contributed by atoms with van der Waals surface area (Å²) in [6.45, 7) is 4.26. The van der Waals surface area contributed by atoms with Crippen molar-refractivity contribution in [2.75, 3.05) is 20.3 Å². The average Bonchev–Trinajstić information content (AvgIpc) is 2.38. The smallest absolute Gasteiger partial charge is 0.251 e. The minimum atomic E-state index is -0.00157. The number of methoxy groups -OCH3 is 1. The van der Waals surface area contributed by atoms with Crippen molar-refractivity contribution in [3.63, 3.8) is 0 Å². The van der Waals surface area contributed by atoms with Gasteiger partial charge in [0.05, 0.1) is 6.61 Å². The molecule has 98 valence electrons. The van der Waals surface area contributed by atoms with E-state index in [1.165, 1.54) is 11.1 Å². The predicted octanol–water partition coefficient (Wildman–Crippen LogP) is 1.10. The van der Waals surface area contributed by atoms with Crippen LogP contribution in [0.25, 0.3) is 0 Å². The van der Waals surface area contributed by atoms with Gasteiger partial charge in [-0.25, -0.2) is 0 Å². The Kier molecular flexibility index (Phi) is 4.33. The van der Waals surface area contributed by atoms with Crippen molar-refractivity contribution in [2.24, 2.45) is 0 Å². The van der Waals surface area contributed by atoms with Gasteiger partial charge in [-0.1, -0.05) is 12.1 Å².